The molecule has 6 heteroatoms. The van der Waals surface area contributed by atoms with Crippen molar-refractivity contribution in [2.45, 2.75) is 51.0 Å². The van der Waals surface area contributed by atoms with E-state index in [1.165, 1.54) is 81.3 Å². The van der Waals surface area contributed by atoms with Gasteiger partial charge in [-0.2, -0.15) is 4.57 Å². The Balaban J connectivity index is 1.09. The van der Waals surface area contributed by atoms with Crippen molar-refractivity contribution in [2.75, 3.05) is 11.4 Å². The van der Waals surface area contributed by atoms with E-state index in [4.69, 9.17) is 0 Å². The molecule has 8 rings (SSSR count). The highest BCUT2D eigenvalue weighted by atomic mass is 32.2. The van der Waals surface area contributed by atoms with Crippen molar-refractivity contribution in [1.29, 1.82) is 0 Å². The van der Waals surface area contributed by atoms with E-state index in [0.29, 0.717) is 5.92 Å². The summed E-state index contributed by atoms with van der Waals surface area (Å²) in [7, 11) is 0. The van der Waals surface area contributed by atoms with Crippen LogP contribution in [0, 0.1) is 5.92 Å². The van der Waals surface area contributed by atoms with Gasteiger partial charge in [-0.05, 0) is 120 Å². The van der Waals surface area contributed by atoms with E-state index < -0.39 is 0 Å². The second-order valence-corrected chi connectivity index (χ2v) is 15.7. The molecular weight excluding hydrogens is 613 g/mol. The molecule has 2 nitrogen and oxygen atoms in total. The highest BCUT2D eigenvalue weighted by Crippen LogP contribution is 2.49. The molecule has 0 spiro atoms. The fourth-order valence-corrected chi connectivity index (χ4v) is 10.6. The molecule has 44 heavy (non-hydrogen) atoms. The minimum absolute atomic E-state index is 0.687. The van der Waals surface area contributed by atoms with Gasteiger partial charge in [-0.15, -0.1) is 22.7 Å². The van der Waals surface area contributed by atoms with Gasteiger partial charge in [0, 0.05) is 33.3 Å². The number of rotatable bonds is 6. The van der Waals surface area contributed by atoms with Crippen LogP contribution in [-0.4, -0.2) is 6.54 Å². The van der Waals surface area contributed by atoms with Crippen molar-refractivity contribution in [3.05, 3.63) is 116 Å². The third kappa shape index (κ3) is 5.26. The molecule has 4 heterocycles. The Morgan fingerprint density at radius 3 is 2.39 bits per heavy atom. The molecule has 1 unspecified atom stereocenters. The first-order valence-corrected chi connectivity index (χ1v) is 19.0. The zero-order valence-corrected chi connectivity index (χ0v) is 28.4. The van der Waals surface area contributed by atoms with E-state index >= 15 is 0 Å². The number of thioether (sulfide) groups is 1. The third-order valence-corrected chi connectivity index (χ3v) is 13.1. The third-order valence-electron chi connectivity index (χ3n) is 9.06. The van der Waals surface area contributed by atoms with Crippen molar-refractivity contribution < 1.29 is 4.57 Å². The SMILES string of the molecule is CCN1/C(=C/C2=CC3=C/C(=C/c4sc5ccc(-c6cccs6)cc5[n+]4CC)CCC3CC2)Sc2ccc(-c3cccs3)cc21. The standard InChI is InChI=1S/C38H35N2S4/c1-3-39-31-23-28(33-7-5-17-41-33)13-15-35(31)43-37(39)21-25-9-11-27-12-10-26(20-30(27)19-25)22-38-40(4-2)32-24-29(14-16-36(32)44-38)34-8-6-18-42-34/h5-8,13-24,27H,3-4,9-12H2,1-2H3/q+1. The predicted molar refractivity (Wildman–Crippen MR) is 194 cm³/mol. The van der Waals surface area contributed by atoms with E-state index in [9.17, 15) is 0 Å². The lowest BCUT2D eigenvalue weighted by Crippen LogP contribution is -2.33. The lowest BCUT2D eigenvalue weighted by atomic mass is 9.77. The summed E-state index contributed by atoms with van der Waals surface area (Å²) in [5.41, 5.74) is 9.78. The molecule has 1 atom stereocenters. The van der Waals surface area contributed by atoms with Gasteiger partial charge < -0.3 is 4.90 Å². The van der Waals surface area contributed by atoms with Crippen molar-refractivity contribution in [2.24, 2.45) is 5.92 Å². The molecule has 3 aliphatic rings. The molecule has 1 aliphatic heterocycles. The monoisotopic (exact) mass is 647 g/mol. The molecule has 0 saturated carbocycles. The van der Waals surface area contributed by atoms with Crippen LogP contribution in [0.4, 0.5) is 5.69 Å². The summed E-state index contributed by atoms with van der Waals surface area (Å²) in [4.78, 5) is 6.54. The molecular formula is C38H35N2S4+. The molecule has 3 aromatic heterocycles. The first kappa shape index (κ1) is 28.3. The molecule has 0 N–H and O–H groups in total. The number of anilines is 1. The molecule has 0 saturated heterocycles. The van der Waals surface area contributed by atoms with Gasteiger partial charge in [0.05, 0.1) is 10.7 Å². The Morgan fingerprint density at radius 1 is 0.864 bits per heavy atom. The molecule has 0 bridgehead atoms. The van der Waals surface area contributed by atoms with E-state index in [0.717, 1.165) is 25.9 Å². The maximum atomic E-state index is 2.51. The summed E-state index contributed by atoms with van der Waals surface area (Å²) in [6.07, 6.45) is 14.8. The normalized spacial score (nSPS) is 19.9. The lowest BCUT2D eigenvalue weighted by Gasteiger charge is -2.28. The van der Waals surface area contributed by atoms with E-state index in [1.54, 1.807) is 0 Å². The number of nitrogens with zero attached hydrogens (tertiary/aromatic N) is 2. The van der Waals surface area contributed by atoms with Crippen molar-refractivity contribution in [3.63, 3.8) is 0 Å². The second-order valence-electron chi connectivity index (χ2n) is 11.7. The second kappa shape index (κ2) is 12.0. The molecule has 2 aromatic carbocycles. The Labute approximate surface area is 276 Å². The fraction of sp³-hybridized carbons (Fsp3) is 0.237. The van der Waals surface area contributed by atoms with Crippen LogP contribution in [0.3, 0.4) is 0 Å². The summed E-state index contributed by atoms with van der Waals surface area (Å²) < 4.78 is 3.87. The van der Waals surface area contributed by atoms with Gasteiger partial charge in [-0.3, -0.25) is 0 Å². The van der Waals surface area contributed by atoms with Gasteiger partial charge in [-0.25, -0.2) is 0 Å². The largest absolute Gasteiger partial charge is 0.335 e. The van der Waals surface area contributed by atoms with Gasteiger partial charge in [-0.1, -0.05) is 59.5 Å². The van der Waals surface area contributed by atoms with Crippen LogP contribution in [0.5, 0.6) is 0 Å². The Kier molecular flexibility index (Phi) is 7.71. The number of hydrogen-bond acceptors (Lipinski definition) is 5. The quantitative estimate of drug-likeness (QED) is 0.169. The van der Waals surface area contributed by atoms with Crippen LogP contribution in [-0.2, 0) is 6.54 Å². The number of thiophene rings is 2. The first-order chi connectivity index (χ1) is 21.7. The number of thiazole rings is 1. The Morgan fingerprint density at radius 2 is 1.64 bits per heavy atom. The highest BCUT2D eigenvalue weighted by molar-refractivity contribution is 8.03. The molecule has 5 aromatic rings. The zero-order valence-electron chi connectivity index (χ0n) is 25.1. The molecule has 0 radical (unpaired) electrons. The maximum Gasteiger partial charge on any atom is 0.263 e. The molecule has 0 amide bonds. The molecule has 2 aliphatic carbocycles. The topological polar surface area (TPSA) is 7.12 Å². The number of fused-ring (bicyclic) bond motifs is 3. The number of hydrogen-bond donors (Lipinski definition) is 0. The van der Waals surface area contributed by atoms with Crippen LogP contribution < -0.4 is 9.47 Å². The Bertz CT molecular complexity index is 1970. The number of aromatic nitrogens is 1. The summed E-state index contributed by atoms with van der Waals surface area (Å²) in [6.45, 7) is 6.50. The average molecular weight is 648 g/mol. The van der Waals surface area contributed by atoms with Gasteiger partial charge in [0.25, 0.3) is 5.01 Å². The average Bonchev–Trinajstić information content (AvgIpc) is 3.86. The van der Waals surface area contributed by atoms with Crippen LogP contribution >= 0.6 is 45.8 Å². The van der Waals surface area contributed by atoms with Crippen molar-refractivity contribution in [3.8, 4) is 20.9 Å². The maximum absolute atomic E-state index is 2.51. The smallest absolute Gasteiger partial charge is 0.263 e. The summed E-state index contributed by atoms with van der Waals surface area (Å²) in [5.74, 6) is 0.687. The highest BCUT2D eigenvalue weighted by Gasteiger charge is 2.28. The predicted octanol–water partition coefficient (Wildman–Crippen LogP) is 11.6. The van der Waals surface area contributed by atoms with Crippen LogP contribution in [0.15, 0.2) is 116 Å². The fourth-order valence-electron chi connectivity index (χ4n) is 6.82. The van der Waals surface area contributed by atoms with Gasteiger partial charge >= 0.3 is 0 Å². The van der Waals surface area contributed by atoms with E-state index in [1.807, 2.05) is 45.8 Å². The zero-order chi connectivity index (χ0) is 29.6. The van der Waals surface area contributed by atoms with Crippen LogP contribution in [0.25, 0.3) is 37.2 Å². The summed E-state index contributed by atoms with van der Waals surface area (Å²) in [6, 6.07) is 22.7. The Hall–Kier alpha value is -3.16. The van der Waals surface area contributed by atoms with Gasteiger partial charge in [0.2, 0.25) is 5.52 Å². The lowest BCUT2D eigenvalue weighted by molar-refractivity contribution is -0.665. The van der Waals surface area contributed by atoms with Crippen molar-refractivity contribution in [1.82, 2.24) is 0 Å². The molecule has 220 valence electrons. The molecule has 0 fully saturated rings. The first-order valence-electron chi connectivity index (χ1n) is 15.6. The number of allylic oxidation sites excluding steroid dienone is 6. The van der Waals surface area contributed by atoms with E-state index in [2.05, 4.69) is 119 Å². The minimum Gasteiger partial charge on any atom is -0.335 e. The van der Waals surface area contributed by atoms with Crippen LogP contribution in [0.2, 0.25) is 0 Å². The van der Waals surface area contributed by atoms with E-state index in [-0.39, 0.29) is 0 Å². The van der Waals surface area contributed by atoms with Crippen molar-refractivity contribution >= 4 is 67.8 Å². The van der Waals surface area contributed by atoms with Gasteiger partial charge in [0.15, 0.2) is 0 Å². The minimum atomic E-state index is 0.687. The summed E-state index contributed by atoms with van der Waals surface area (Å²) in [5, 5.41) is 7.04. The summed E-state index contributed by atoms with van der Waals surface area (Å²) >= 11 is 7.47. The van der Waals surface area contributed by atoms with Crippen LogP contribution in [0.1, 0.15) is 44.5 Å². The number of aryl methyl sites for hydroxylation is 1. The number of benzene rings is 2. The van der Waals surface area contributed by atoms with Gasteiger partial charge in [0.1, 0.15) is 11.2 Å².